The van der Waals surface area contributed by atoms with Crippen LogP contribution in [0.15, 0.2) is 18.2 Å². The average Bonchev–Trinajstić information content (AvgIpc) is 2.47. The van der Waals surface area contributed by atoms with E-state index < -0.39 is 0 Å². The minimum atomic E-state index is -0.355. The Hall–Kier alpha value is -1.26. The van der Waals surface area contributed by atoms with Crippen LogP contribution in [0.4, 0.5) is 5.69 Å². The molecule has 0 amide bonds. The van der Waals surface area contributed by atoms with Crippen LogP contribution in [-0.2, 0) is 11.2 Å². The van der Waals surface area contributed by atoms with Crippen molar-refractivity contribution in [2.75, 3.05) is 25.6 Å². The Morgan fingerprint density at radius 3 is 3.05 bits per heavy atom. The van der Waals surface area contributed by atoms with E-state index in [4.69, 9.17) is 9.47 Å². The molecule has 1 aromatic rings. The number of methoxy groups -OCH3 is 1. The Bertz CT molecular complexity index is 443. The summed E-state index contributed by atoms with van der Waals surface area (Å²) in [4.78, 5) is 0. The van der Waals surface area contributed by atoms with E-state index in [1.807, 2.05) is 18.2 Å². The lowest BCUT2D eigenvalue weighted by atomic mass is 9.84. The molecule has 2 heterocycles. The lowest BCUT2D eigenvalue weighted by molar-refractivity contribution is 0.0198. The van der Waals surface area contributed by atoms with Crippen LogP contribution < -0.4 is 10.1 Å². The van der Waals surface area contributed by atoms with E-state index in [-0.39, 0.29) is 12.1 Å². The Kier molecular flexibility index (Phi) is 3.62. The maximum Gasteiger partial charge on any atom is 0.119 e. The Morgan fingerprint density at radius 1 is 1.42 bits per heavy atom. The molecule has 4 nitrogen and oxygen atoms in total. The van der Waals surface area contributed by atoms with Crippen LogP contribution in [0, 0.1) is 5.92 Å². The monoisotopic (exact) mass is 263 g/mol. The summed E-state index contributed by atoms with van der Waals surface area (Å²) in [6.07, 6.45) is 2.54. The lowest BCUT2D eigenvalue weighted by Gasteiger charge is -2.38. The molecule has 1 fully saturated rings. The smallest absolute Gasteiger partial charge is 0.119 e. The van der Waals surface area contributed by atoms with Crippen LogP contribution in [-0.4, -0.2) is 37.6 Å². The maximum absolute atomic E-state index is 10.4. The van der Waals surface area contributed by atoms with Gasteiger partial charge in [0.25, 0.3) is 0 Å². The van der Waals surface area contributed by atoms with Crippen molar-refractivity contribution < 1.29 is 14.6 Å². The van der Waals surface area contributed by atoms with Gasteiger partial charge in [-0.05, 0) is 36.6 Å². The van der Waals surface area contributed by atoms with Gasteiger partial charge >= 0.3 is 0 Å². The quantitative estimate of drug-likeness (QED) is 0.854. The fraction of sp³-hybridized carbons (Fsp3) is 0.600. The summed E-state index contributed by atoms with van der Waals surface area (Å²) in [5, 5.41) is 13.9. The van der Waals surface area contributed by atoms with Gasteiger partial charge in [0.05, 0.1) is 25.9 Å². The highest BCUT2D eigenvalue weighted by atomic mass is 16.5. The molecule has 3 atom stereocenters. The van der Waals surface area contributed by atoms with Crippen LogP contribution >= 0.6 is 0 Å². The number of hydrogen-bond acceptors (Lipinski definition) is 4. The van der Waals surface area contributed by atoms with E-state index in [1.165, 1.54) is 0 Å². The minimum absolute atomic E-state index is 0.0983. The molecular formula is C15H21NO3. The molecule has 1 saturated heterocycles. The number of anilines is 1. The number of ether oxygens (including phenoxy) is 2. The summed E-state index contributed by atoms with van der Waals surface area (Å²) in [7, 11) is 1.66. The first-order valence-corrected chi connectivity index (χ1v) is 6.97. The van der Waals surface area contributed by atoms with Gasteiger partial charge in [-0.25, -0.2) is 0 Å². The number of hydrogen-bond donors (Lipinski definition) is 2. The van der Waals surface area contributed by atoms with Crippen molar-refractivity contribution in [3.63, 3.8) is 0 Å². The molecule has 104 valence electrons. The third kappa shape index (κ3) is 2.55. The van der Waals surface area contributed by atoms with Gasteiger partial charge in [-0.2, -0.15) is 0 Å². The number of fused-ring (bicyclic) bond motifs is 1. The molecule has 0 radical (unpaired) electrons. The molecule has 4 heteroatoms. The number of benzene rings is 1. The third-order valence-corrected chi connectivity index (χ3v) is 4.18. The van der Waals surface area contributed by atoms with Crippen molar-refractivity contribution in [1.82, 2.24) is 0 Å². The zero-order valence-electron chi connectivity index (χ0n) is 11.3. The third-order valence-electron chi connectivity index (χ3n) is 4.18. The highest BCUT2D eigenvalue weighted by molar-refractivity contribution is 5.57. The molecule has 3 unspecified atom stereocenters. The van der Waals surface area contributed by atoms with E-state index in [0.29, 0.717) is 12.3 Å². The van der Waals surface area contributed by atoms with Gasteiger partial charge in [-0.3, -0.25) is 0 Å². The summed E-state index contributed by atoms with van der Waals surface area (Å²) >= 11 is 0. The van der Waals surface area contributed by atoms with Gasteiger partial charge in [0.15, 0.2) is 0 Å². The van der Waals surface area contributed by atoms with Gasteiger partial charge in [-0.15, -0.1) is 0 Å². The summed E-state index contributed by atoms with van der Waals surface area (Å²) in [6, 6.07) is 6.09. The largest absolute Gasteiger partial charge is 0.497 e. The fourth-order valence-electron chi connectivity index (χ4n) is 3.12. The molecule has 19 heavy (non-hydrogen) atoms. The van der Waals surface area contributed by atoms with Crippen molar-refractivity contribution in [3.8, 4) is 5.75 Å². The fourth-order valence-corrected chi connectivity index (χ4v) is 3.12. The maximum atomic E-state index is 10.4. The first kappa shape index (κ1) is 12.8. The zero-order chi connectivity index (χ0) is 13.2. The van der Waals surface area contributed by atoms with Gasteiger partial charge in [0.1, 0.15) is 5.75 Å². The van der Waals surface area contributed by atoms with Crippen LogP contribution in [0.3, 0.4) is 0 Å². The predicted octanol–water partition coefficient (Wildman–Crippen LogP) is 1.82. The van der Waals surface area contributed by atoms with Crippen molar-refractivity contribution in [2.45, 2.75) is 31.4 Å². The van der Waals surface area contributed by atoms with Gasteiger partial charge < -0.3 is 19.9 Å². The van der Waals surface area contributed by atoms with Crippen LogP contribution in [0.1, 0.15) is 18.4 Å². The molecule has 0 spiro atoms. The van der Waals surface area contributed by atoms with Crippen molar-refractivity contribution >= 4 is 5.69 Å². The van der Waals surface area contributed by atoms with E-state index in [2.05, 4.69) is 5.32 Å². The van der Waals surface area contributed by atoms with Crippen molar-refractivity contribution in [1.29, 1.82) is 0 Å². The van der Waals surface area contributed by atoms with E-state index >= 15 is 0 Å². The molecular weight excluding hydrogens is 242 g/mol. The summed E-state index contributed by atoms with van der Waals surface area (Å²) in [6.45, 7) is 1.60. The highest BCUT2D eigenvalue weighted by Gasteiger charge is 2.33. The van der Waals surface area contributed by atoms with Crippen LogP contribution in [0.25, 0.3) is 0 Å². The molecule has 2 N–H and O–H groups in total. The molecule has 2 aliphatic rings. The highest BCUT2D eigenvalue weighted by Crippen LogP contribution is 2.33. The van der Waals surface area contributed by atoms with E-state index in [1.54, 1.807) is 7.11 Å². The first-order chi connectivity index (χ1) is 9.28. The number of rotatable bonds is 2. The number of aliphatic hydroxyl groups excluding tert-OH is 1. The summed E-state index contributed by atoms with van der Waals surface area (Å²) in [5.74, 6) is 1.24. The van der Waals surface area contributed by atoms with Crippen molar-refractivity contribution in [3.05, 3.63) is 23.8 Å². The SMILES string of the molecule is COc1ccc2c(c1)CC(O)C(C1CCCOC1)N2. The molecule has 0 saturated carbocycles. The van der Waals surface area contributed by atoms with Crippen LogP contribution in [0.2, 0.25) is 0 Å². The molecule has 1 aromatic carbocycles. The van der Waals surface area contributed by atoms with E-state index in [0.717, 1.165) is 43.1 Å². The standard InChI is InChI=1S/C15H21NO3/c1-18-12-4-5-13-11(7-12)8-14(17)15(16-13)10-3-2-6-19-9-10/h4-5,7,10,14-17H,2-3,6,8-9H2,1H3. The molecule has 2 aliphatic heterocycles. The number of aliphatic hydroxyl groups is 1. The predicted molar refractivity (Wildman–Crippen MR) is 73.7 cm³/mol. The molecule has 0 aliphatic carbocycles. The topological polar surface area (TPSA) is 50.7 Å². The van der Waals surface area contributed by atoms with Gasteiger partial charge in [0, 0.05) is 24.6 Å². The Morgan fingerprint density at radius 2 is 2.32 bits per heavy atom. The zero-order valence-corrected chi connectivity index (χ0v) is 11.3. The second-order valence-corrected chi connectivity index (χ2v) is 5.44. The van der Waals surface area contributed by atoms with Gasteiger partial charge in [-0.1, -0.05) is 0 Å². The normalized spacial score (nSPS) is 30.3. The summed E-state index contributed by atoms with van der Waals surface area (Å²) < 4.78 is 10.8. The number of nitrogens with one attached hydrogen (secondary N) is 1. The first-order valence-electron chi connectivity index (χ1n) is 6.97. The van der Waals surface area contributed by atoms with Crippen molar-refractivity contribution in [2.24, 2.45) is 5.92 Å². The Balaban J connectivity index is 1.79. The van der Waals surface area contributed by atoms with E-state index in [9.17, 15) is 5.11 Å². The molecule has 0 bridgehead atoms. The molecule has 0 aromatic heterocycles. The minimum Gasteiger partial charge on any atom is -0.497 e. The average molecular weight is 263 g/mol. The van der Waals surface area contributed by atoms with Crippen LogP contribution in [0.5, 0.6) is 5.75 Å². The Labute approximate surface area is 113 Å². The summed E-state index contributed by atoms with van der Waals surface area (Å²) in [5.41, 5.74) is 2.24. The lowest BCUT2D eigenvalue weighted by Crippen LogP contribution is -2.47. The second kappa shape index (κ2) is 5.39. The second-order valence-electron chi connectivity index (χ2n) is 5.44. The molecule has 3 rings (SSSR count). The van der Waals surface area contributed by atoms with Gasteiger partial charge in [0.2, 0.25) is 0 Å².